The number of nitrogens with zero attached hydrogens (tertiary/aromatic N) is 1. The van der Waals surface area contributed by atoms with Crippen molar-refractivity contribution in [2.45, 2.75) is 32.2 Å². The first-order chi connectivity index (χ1) is 9.15. The number of nitrogens with one attached hydrogen (secondary N) is 1. The average molecular weight is 258 g/mol. The second-order valence-corrected chi connectivity index (χ2v) is 5.47. The van der Waals surface area contributed by atoms with Gasteiger partial charge < -0.3 is 10.2 Å². The summed E-state index contributed by atoms with van der Waals surface area (Å²) >= 11 is 0. The topological polar surface area (TPSA) is 49.4 Å². The lowest BCUT2D eigenvalue weighted by Gasteiger charge is -2.18. The van der Waals surface area contributed by atoms with Gasteiger partial charge in [-0.1, -0.05) is 18.2 Å². The van der Waals surface area contributed by atoms with Crippen molar-refractivity contribution in [2.24, 2.45) is 5.92 Å². The summed E-state index contributed by atoms with van der Waals surface area (Å²) in [5.74, 6) is -0.120. The summed E-state index contributed by atoms with van der Waals surface area (Å²) in [4.78, 5) is 25.8. The molecule has 0 bridgehead atoms. The standard InChI is InChI=1S/C15H18N2O2/c1-10-4-2-3-5-13(10)17-9-11(8-14(17)18)15(19)16-12-6-7-12/h2-5,11-12H,6-9H2,1H3,(H,16,19)/t11-/m1/s1. The Balaban J connectivity index is 1.72. The summed E-state index contributed by atoms with van der Waals surface area (Å²) in [6.45, 7) is 2.49. The molecule has 4 heteroatoms. The first-order valence-electron chi connectivity index (χ1n) is 6.81. The molecule has 1 heterocycles. The predicted octanol–water partition coefficient (Wildman–Crippen LogP) is 1.63. The van der Waals surface area contributed by atoms with Crippen LogP contribution in [0, 0.1) is 12.8 Å². The van der Waals surface area contributed by atoms with E-state index < -0.39 is 0 Å². The summed E-state index contributed by atoms with van der Waals surface area (Å²) < 4.78 is 0. The van der Waals surface area contributed by atoms with Crippen LogP contribution >= 0.6 is 0 Å². The third-order valence-corrected chi connectivity index (χ3v) is 3.83. The first kappa shape index (κ1) is 12.2. The van der Waals surface area contributed by atoms with Crippen LogP contribution < -0.4 is 10.2 Å². The lowest BCUT2D eigenvalue weighted by molar-refractivity contribution is -0.126. The molecule has 2 aliphatic rings. The van der Waals surface area contributed by atoms with E-state index in [9.17, 15) is 9.59 Å². The number of hydrogen-bond acceptors (Lipinski definition) is 2. The number of rotatable bonds is 3. The van der Waals surface area contributed by atoms with E-state index in [1.807, 2.05) is 31.2 Å². The molecule has 1 aliphatic heterocycles. The molecule has 1 aromatic carbocycles. The Bertz CT molecular complexity index is 523. The molecule has 1 saturated carbocycles. The minimum absolute atomic E-state index is 0.0342. The Morgan fingerprint density at radius 1 is 1.32 bits per heavy atom. The lowest BCUT2D eigenvalue weighted by atomic mass is 10.1. The van der Waals surface area contributed by atoms with Crippen LogP contribution in [0.5, 0.6) is 0 Å². The van der Waals surface area contributed by atoms with Gasteiger partial charge in [-0.2, -0.15) is 0 Å². The summed E-state index contributed by atoms with van der Waals surface area (Å²) in [5.41, 5.74) is 1.99. The van der Waals surface area contributed by atoms with Crippen LogP contribution in [0.4, 0.5) is 5.69 Å². The van der Waals surface area contributed by atoms with Crippen LogP contribution in [0.3, 0.4) is 0 Å². The Morgan fingerprint density at radius 3 is 2.74 bits per heavy atom. The molecule has 1 aromatic rings. The van der Waals surface area contributed by atoms with Crippen LogP contribution in [0.1, 0.15) is 24.8 Å². The van der Waals surface area contributed by atoms with E-state index in [4.69, 9.17) is 0 Å². The molecule has 1 saturated heterocycles. The number of para-hydroxylation sites is 1. The van der Waals surface area contributed by atoms with Crippen molar-refractivity contribution < 1.29 is 9.59 Å². The van der Waals surface area contributed by atoms with Gasteiger partial charge in [0.25, 0.3) is 0 Å². The zero-order valence-electron chi connectivity index (χ0n) is 11.1. The largest absolute Gasteiger partial charge is 0.353 e. The van der Waals surface area contributed by atoms with Crippen LogP contribution in [0.25, 0.3) is 0 Å². The quantitative estimate of drug-likeness (QED) is 0.895. The fourth-order valence-electron chi connectivity index (χ4n) is 2.53. The normalized spacial score (nSPS) is 22.7. The van der Waals surface area contributed by atoms with E-state index >= 15 is 0 Å². The highest BCUT2D eigenvalue weighted by Gasteiger charge is 2.37. The third kappa shape index (κ3) is 2.48. The molecule has 1 N–H and O–H groups in total. The Morgan fingerprint density at radius 2 is 2.05 bits per heavy atom. The lowest BCUT2D eigenvalue weighted by Crippen LogP contribution is -2.34. The van der Waals surface area contributed by atoms with Gasteiger partial charge in [-0.3, -0.25) is 9.59 Å². The summed E-state index contributed by atoms with van der Waals surface area (Å²) in [7, 11) is 0. The molecule has 3 rings (SSSR count). The molecule has 0 spiro atoms. The van der Waals surface area contributed by atoms with Gasteiger partial charge in [-0.25, -0.2) is 0 Å². The zero-order chi connectivity index (χ0) is 13.4. The number of anilines is 1. The Hall–Kier alpha value is -1.84. The predicted molar refractivity (Wildman–Crippen MR) is 72.8 cm³/mol. The van der Waals surface area contributed by atoms with E-state index in [1.165, 1.54) is 0 Å². The smallest absolute Gasteiger partial charge is 0.227 e. The van der Waals surface area contributed by atoms with Crippen molar-refractivity contribution in [1.82, 2.24) is 5.32 Å². The molecule has 0 unspecified atom stereocenters. The van der Waals surface area contributed by atoms with E-state index in [0.29, 0.717) is 19.0 Å². The first-order valence-corrected chi connectivity index (χ1v) is 6.81. The van der Waals surface area contributed by atoms with Crippen molar-refractivity contribution in [3.63, 3.8) is 0 Å². The Labute approximate surface area is 112 Å². The highest BCUT2D eigenvalue weighted by molar-refractivity contribution is 6.00. The molecule has 2 amide bonds. The van der Waals surface area contributed by atoms with Gasteiger partial charge in [0.2, 0.25) is 11.8 Å². The minimum Gasteiger partial charge on any atom is -0.353 e. The van der Waals surface area contributed by atoms with Crippen molar-refractivity contribution in [1.29, 1.82) is 0 Å². The molecular weight excluding hydrogens is 240 g/mol. The highest BCUT2D eigenvalue weighted by Crippen LogP contribution is 2.28. The van der Waals surface area contributed by atoms with Crippen molar-refractivity contribution >= 4 is 17.5 Å². The molecule has 19 heavy (non-hydrogen) atoms. The van der Waals surface area contributed by atoms with E-state index in [1.54, 1.807) is 4.90 Å². The SMILES string of the molecule is Cc1ccccc1N1C[C@H](C(=O)NC2CC2)CC1=O. The van der Waals surface area contributed by atoms with Gasteiger partial charge in [-0.05, 0) is 31.4 Å². The fraction of sp³-hybridized carbons (Fsp3) is 0.467. The molecule has 1 aliphatic carbocycles. The summed E-state index contributed by atoms with van der Waals surface area (Å²) in [6, 6.07) is 8.16. The maximum Gasteiger partial charge on any atom is 0.227 e. The van der Waals surface area contributed by atoms with E-state index in [0.717, 1.165) is 24.1 Å². The van der Waals surface area contributed by atoms with E-state index in [2.05, 4.69) is 5.32 Å². The molecule has 100 valence electrons. The van der Waals surface area contributed by atoms with Crippen LogP contribution in [0.2, 0.25) is 0 Å². The molecule has 1 atom stereocenters. The fourth-order valence-corrected chi connectivity index (χ4v) is 2.53. The van der Waals surface area contributed by atoms with Crippen molar-refractivity contribution in [3.8, 4) is 0 Å². The maximum absolute atomic E-state index is 12.1. The Kier molecular flexibility index (Phi) is 3.01. The molecular formula is C15H18N2O2. The molecule has 0 radical (unpaired) electrons. The van der Waals surface area contributed by atoms with Crippen LogP contribution in [-0.2, 0) is 9.59 Å². The van der Waals surface area contributed by atoms with Crippen molar-refractivity contribution in [2.75, 3.05) is 11.4 Å². The molecule has 4 nitrogen and oxygen atoms in total. The van der Waals surface area contributed by atoms with Gasteiger partial charge in [0.1, 0.15) is 0 Å². The highest BCUT2D eigenvalue weighted by atomic mass is 16.2. The molecule has 0 aromatic heterocycles. The summed E-state index contributed by atoms with van der Waals surface area (Å²) in [5, 5.41) is 2.99. The number of amides is 2. The second kappa shape index (κ2) is 4.68. The van der Waals surface area contributed by atoms with Crippen molar-refractivity contribution in [3.05, 3.63) is 29.8 Å². The number of hydrogen-bond donors (Lipinski definition) is 1. The second-order valence-electron chi connectivity index (χ2n) is 5.47. The number of carbonyl (C=O) groups is 2. The zero-order valence-corrected chi connectivity index (χ0v) is 11.1. The number of aryl methyl sites for hydroxylation is 1. The van der Waals surface area contributed by atoms with Crippen LogP contribution in [-0.4, -0.2) is 24.4 Å². The van der Waals surface area contributed by atoms with Gasteiger partial charge in [0.05, 0.1) is 5.92 Å². The minimum atomic E-state index is -0.201. The van der Waals surface area contributed by atoms with Gasteiger partial charge in [0, 0.05) is 24.7 Å². The monoisotopic (exact) mass is 258 g/mol. The molecule has 2 fully saturated rings. The van der Waals surface area contributed by atoms with E-state index in [-0.39, 0.29) is 17.7 Å². The summed E-state index contributed by atoms with van der Waals surface area (Å²) in [6.07, 6.45) is 2.48. The van der Waals surface area contributed by atoms with Gasteiger partial charge >= 0.3 is 0 Å². The average Bonchev–Trinajstić information content (AvgIpc) is 3.11. The van der Waals surface area contributed by atoms with Crippen LogP contribution in [0.15, 0.2) is 24.3 Å². The van der Waals surface area contributed by atoms with Gasteiger partial charge in [-0.15, -0.1) is 0 Å². The third-order valence-electron chi connectivity index (χ3n) is 3.83. The number of carbonyl (C=O) groups excluding carboxylic acids is 2. The number of benzene rings is 1. The van der Waals surface area contributed by atoms with Gasteiger partial charge in [0.15, 0.2) is 0 Å². The maximum atomic E-state index is 12.1.